The molecule has 4 nitrogen and oxygen atoms in total. The average Bonchev–Trinajstić information content (AvgIpc) is 2.70. The van der Waals surface area contributed by atoms with Gasteiger partial charge in [-0.05, 0) is 66.2 Å². The molecule has 0 unspecified atom stereocenters. The Morgan fingerprint density at radius 1 is 0.640 bits per heavy atom. The third kappa shape index (κ3) is 3.75. The molecule has 25 heavy (non-hydrogen) atoms. The first kappa shape index (κ1) is 16.9. The SMILES string of the molecule is COc1ccc(N(c2ccc(CO)cc2)c2ccc(OC)cc2)cc1. The molecule has 0 spiro atoms. The van der Waals surface area contributed by atoms with Gasteiger partial charge in [0.25, 0.3) is 0 Å². The van der Waals surface area contributed by atoms with E-state index in [0.29, 0.717) is 0 Å². The van der Waals surface area contributed by atoms with Crippen molar-refractivity contribution in [3.63, 3.8) is 0 Å². The van der Waals surface area contributed by atoms with Crippen LogP contribution < -0.4 is 14.4 Å². The van der Waals surface area contributed by atoms with Crippen molar-refractivity contribution in [2.75, 3.05) is 19.1 Å². The van der Waals surface area contributed by atoms with Crippen LogP contribution in [0.2, 0.25) is 0 Å². The van der Waals surface area contributed by atoms with Gasteiger partial charge in [0.1, 0.15) is 11.5 Å². The highest BCUT2D eigenvalue weighted by Crippen LogP contribution is 2.36. The van der Waals surface area contributed by atoms with Gasteiger partial charge in [0, 0.05) is 17.1 Å². The van der Waals surface area contributed by atoms with E-state index in [1.807, 2.05) is 72.8 Å². The largest absolute Gasteiger partial charge is 0.497 e. The van der Waals surface area contributed by atoms with Gasteiger partial charge in [0.2, 0.25) is 0 Å². The van der Waals surface area contributed by atoms with Crippen LogP contribution in [0.5, 0.6) is 11.5 Å². The highest BCUT2D eigenvalue weighted by atomic mass is 16.5. The lowest BCUT2D eigenvalue weighted by molar-refractivity contribution is 0.282. The third-order valence-corrected chi connectivity index (χ3v) is 4.04. The Bertz CT molecular complexity index is 683. The lowest BCUT2D eigenvalue weighted by Crippen LogP contribution is -2.10. The molecule has 4 heteroatoms. The number of ether oxygens (including phenoxy) is 2. The van der Waals surface area contributed by atoms with E-state index in [2.05, 4.69) is 4.90 Å². The zero-order chi connectivity index (χ0) is 17.6. The second-order valence-electron chi connectivity index (χ2n) is 5.56. The number of anilines is 3. The summed E-state index contributed by atoms with van der Waals surface area (Å²) in [7, 11) is 3.31. The van der Waals surface area contributed by atoms with Crippen LogP contribution in [0.4, 0.5) is 17.1 Å². The summed E-state index contributed by atoms with van der Waals surface area (Å²) in [6.07, 6.45) is 0. The van der Waals surface area contributed by atoms with Crippen molar-refractivity contribution in [2.45, 2.75) is 6.61 Å². The predicted molar refractivity (Wildman–Crippen MR) is 100 cm³/mol. The molecule has 1 N–H and O–H groups in total. The van der Waals surface area contributed by atoms with Crippen LogP contribution in [0.3, 0.4) is 0 Å². The summed E-state index contributed by atoms with van der Waals surface area (Å²) in [6.45, 7) is 0.0331. The number of methoxy groups -OCH3 is 2. The molecule has 0 bridgehead atoms. The van der Waals surface area contributed by atoms with Crippen molar-refractivity contribution in [1.82, 2.24) is 0 Å². The second-order valence-corrected chi connectivity index (χ2v) is 5.56. The average molecular weight is 335 g/mol. The molecule has 0 aromatic heterocycles. The molecule has 0 aliphatic heterocycles. The summed E-state index contributed by atoms with van der Waals surface area (Å²) in [5.41, 5.74) is 3.92. The summed E-state index contributed by atoms with van der Waals surface area (Å²) in [5, 5.41) is 9.28. The zero-order valence-electron chi connectivity index (χ0n) is 14.3. The molecule has 0 radical (unpaired) electrons. The van der Waals surface area contributed by atoms with Crippen LogP contribution in [0.25, 0.3) is 0 Å². The Hall–Kier alpha value is -2.98. The normalized spacial score (nSPS) is 10.4. The minimum atomic E-state index is 0.0331. The van der Waals surface area contributed by atoms with E-state index in [0.717, 1.165) is 34.1 Å². The summed E-state index contributed by atoms with van der Waals surface area (Å²) in [4.78, 5) is 2.14. The van der Waals surface area contributed by atoms with Crippen LogP contribution >= 0.6 is 0 Å². The fourth-order valence-corrected chi connectivity index (χ4v) is 2.66. The highest BCUT2D eigenvalue weighted by Gasteiger charge is 2.12. The van der Waals surface area contributed by atoms with Gasteiger partial charge < -0.3 is 19.5 Å². The van der Waals surface area contributed by atoms with E-state index < -0.39 is 0 Å². The lowest BCUT2D eigenvalue weighted by atomic mass is 10.1. The first-order valence-corrected chi connectivity index (χ1v) is 8.03. The van der Waals surface area contributed by atoms with Crippen molar-refractivity contribution in [2.24, 2.45) is 0 Å². The molecular weight excluding hydrogens is 314 g/mol. The fraction of sp³-hybridized carbons (Fsp3) is 0.143. The molecule has 0 saturated carbocycles. The Morgan fingerprint density at radius 3 is 1.32 bits per heavy atom. The van der Waals surface area contributed by atoms with Crippen LogP contribution in [-0.2, 0) is 6.61 Å². The van der Waals surface area contributed by atoms with Gasteiger partial charge >= 0.3 is 0 Å². The van der Waals surface area contributed by atoms with Crippen LogP contribution in [0, 0.1) is 0 Å². The number of benzene rings is 3. The maximum Gasteiger partial charge on any atom is 0.119 e. The molecule has 0 aliphatic carbocycles. The van der Waals surface area contributed by atoms with E-state index in [4.69, 9.17) is 9.47 Å². The second kappa shape index (κ2) is 7.73. The van der Waals surface area contributed by atoms with E-state index >= 15 is 0 Å². The molecule has 0 amide bonds. The Kier molecular flexibility index (Phi) is 5.21. The van der Waals surface area contributed by atoms with Crippen LogP contribution in [0.1, 0.15) is 5.56 Å². The van der Waals surface area contributed by atoms with E-state index in [9.17, 15) is 5.11 Å². The van der Waals surface area contributed by atoms with Gasteiger partial charge in [-0.1, -0.05) is 12.1 Å². The van der Waals surface area contributed by atoms with Crippen LogP contribution in [0.15, 0.2) is 72.8 Å². The lowest BCUT2D eigenvalue weighted by Gasteiger charge is -2.26. The molecule has 0 atom stereocenters. The number of hydrogen-bond donors (Lipinski definition) is 1. The number of nitrogens with zero attached hydrogens (tertiary/aromatic N) is 1. The van der Waals surface area contributed by atoms with Crippen LogP contribution in [-0.4, -0.2) is 19.3 Å². The molecule has 3 aromatic carbocycles. The first-order chi connectivity index (χ1) is 12.2. The van der Waals surface area contributed by atoms with E-state index in [-0.39, 0.29) is 6.61 Å². The highest BCUT2D eigenvalue weighted by molar-refractivity contribution is 5.77. The maximum absolute atomic E-state index is 9.28. The molecule has 0 fully saturated rings. The standard InChI is InChI=1S/C21H21NO3/c1-24-20-11-7-18(8-12-20)22(17-5-3-16(15-23)4-6-17)19-9-13-21(25-2)14-10-19/h3-14,23H,15H2,1-2H3. The number of rotatable bonds is 6. The minimum Gasteiger partial charge on any atom is -0.497 e. The van der Waals surface area contributed by atoms with Gasteiger partial charge in [-0.3, -0.25) is 0 Å². The number of hydrogen-bond acceptors (Lipinski definition) is 4. The van der Waals surface area contributed by atoms with E-state index in [1.165, 1.54) is 0 Å². The monoisotopic (exact) mass is 335 g/mol. The topological polar surface area (TPSA) is 41.9 Å². The Balaban J connectivity index is 2.04. The van der Waals surface area contributed by atoms with Crippen molar-refractivity contribution in [1.29, 1.82) is 0 Å². The van der Waals surface area contributed by atoms with Crippen molar-refractivity contribution < 1.29 is 14.6 Å². The first-order valence-electron chi connectivity index (χ1n) is 8.03. The van der Waals surface area contributed by atoms with E-state index in [1.54, 1.807) is 14.2 Å². The summed E-state index contributed by atoms with van der Waals surface area (Å²) >= 11 is 0. The molecule has 3 aromatic rings. The third-order valence-electron chi connectivity index (χ3n) is 4.04. The minimum absolute atomic E-state index is 0.0331. The summed E-state index contributed by atoms with van der Waals surface area (Å²) in [5.74, 6) is 1.63. The van der Waals surface area contributed by atoms with Crippen molar-refractivity contribution >= 4 is 17.1 Å². The van der Waals surface area contributed by atoms with Crippen molar-refractivity contribution in [3.8, 4) is 11.5 Å². The van der Waals surface area contributed by atoms with Gasteiger partial charge in [0.05, 0.1) is 20.8 Å². The number of aliphatic hydroxyl groups is 1. The van der Waals surface area contributed by atoms with Gasteiger partial charge in [-0.2, -0.15) is 0 Å². The maximum atomic E-state index is 9.28. The summed E-state index contributed by atoms with van der Waals surface area (Å²) in [6, 6.07) is 23.7. The molecule has 0 aliphatic rings. The molecule has 0 heterocycles. The predicted octanol–water partition coefficient (Wildman–Crippen LogP) is 4.67. The van der Waals surface area contributed by atoms with Gasteiger partial charge in [-0.15, -0.1) is 0 Å². The van der Waals surface area contributed by atoms with Gasteiger partial charge in [0.15, 0.2) is 0 Å². The molecular formula is C21H21NO3. The Morgan fingerprint density at radius 2 is 1.00 bits per heavy atom. The quantitative estimate of drug-likeness (QED) is 0.711. The fourth-order valence-electron chi connectivity index (χ4n) is 2.66. The number of aliphatic hydroxyl groups excluding tert-OH is 1. The molecule has 0 saturated heterocycles. The Labute approximate surface area is 147 Å². The zero-order valence-corrected chi connectivity index (χ0v) is 14.3. The smallest absolute Gasteiger partial charge is 0.119 e. The van der Waals surface area contributed by atoms with Crippen molar-refractivity contribution in [3.05, 3.63) is 78.4 Å². The van der Waals surface area contributed by atoms with Gasteiger partial charge in [-0.25, -0.2) is 0 Å². The molecule has 128 valence electrons. The summed E-state index contributed by atoms with van der Waals surface area (Å²) < 4.78 is 10.5. The molecule has 3 rings (SSSR count).